The number of hydrogen-bond acceptors (Lipinski definition) is 3. The van der Waals surface area contributed by atoms with Gasteiger partial charge in [-0.05, 0) is 11.7 Å². The quantitative estimate of drug-likeness (QED) is 0.671. The molecule has 0 saturated carbocycles. The minimum atomic E-state index is -0.895. The van der Waals surface area contributed by atoms with Gasteiger partial charge in [0.25, 0.3) is 0 Å². The van der Waals surface area contributed by atoms with Gasteiger partial charge in [-0.2, -0.15) is 0 Å². The Labute approximate surface area is 81.6 Å². The van der Waals surface area contributed by atoms with Crippen molar-refractivity contribution in [3.8, 4) is 0 Å². The predicted octanol–water partition coefficient (Wildman–Crippen LogP) is 0.796. The van der Waals surface area contributed by atoms with Crippen LogP contribution in [0.15, 0.2) is 11.5 Å². The van der Waals surface area contributed by atoms with Crippen LogP contribution in [-0.4, -0.2) is 41.7 Å². The third-order valence-corrected chi connectivity index (χ3v) is 1.79. The number of carboxylic acids is 1. The predicted molar refractivity (Wildman–Crippen MR) is 52.5 cm³/mol. The molecule has 0 fully saturated rings. The molecule has 1 N–H and O–H groups in total. The molecule has 0 radical (unpaired) electrons. The Morgan fingerprint density at radius 1 is 1.54 bits per heavy atom. The number of carbonyl (C=O) groups is 2. The van der Waals surface area contributed by atoms with Crippen LogP contribution in [-0.2, 0) is 9.59 Å². The number of hydrogen-bond donors (Lipinski definition) is 1. The maximum absolute atomic E-state index is 11.1. The highest BCUT2D eigenvalue weighted by Gasteiger charge is 2.06. The van der Waals surface area contributed by atoms with E-state index in [2.05, 4.69) is 0 Å². The van der Waals surface area contributed by atoms with Gasteiger partial charge in [-0.25, -0.2) is 0 Å². The van der Waals surface area contributed by atoms with E-state index in [4.69, 9.17) is 5.11 Å². The van der Waals surface area contributed by atoms with E-state index >= 15 is 0 Å². The standard InChI is InChI=1S/C8H13NO3S/c1-9(5-3-8(11)12)7(10)4-6-13-2/h4,6H,3,5H2,1-2H3,(H,11,12)/b6-4+. The van der Waals surface area contributed by atoms with Crippen LogP contribution >= 0.6 is 11.8 Å². The van der Waals surface area contributed by atoms with E-state index in [-0.39, 0.29) is 18.9 Å². The molecule has 0 heterocycles. The van der Waals surface area contributed by atoms with Crippen LogP contribution < -0.4 is 0 Å². The molecule has 0 saturated heterocycles. The van der Waals surface area contributed by atoms with Crippen LogP contribution in [0.5, 0.6) is 0 Å². The second-order valence-electron chi connectivity index (χ2n) is 2.44. The zero-order chi connectivity index (χ0) is 10.3. The maximum Gasteiger partial charge on any atom is 0.305 e. The van der Waals surface area contributed by atoms with Gasteiger partial charge in [0, 0.05) is 19.7 Å². The summed E-state index contributed by atoms with van der Waals surface area (Å²) in [7, 11) is 1.58. The smallest absolute Gasteiger partial charge is 0.305 e. The number of aliphatic carboxylic acids is 1. The molecule has 0 aromatic carbocycles. The minimum Gasteiger partial charge on any atom is -0.481 e. The third kappa shape index (κ3) is 6.21. The van der Waals surface area contributed by atoms with Gasteiger partial charge in [0.1, 0.15) is 0 Å². The lowest BCUT2D eigenvalue weighted by Crippen LogP contribution is -2.27. The maximum atomic E-state index is 11.1. The second kappa shape index (κ2) is 6.54. The van der Waals surface area contributed by atoms with E-state index in [9.17, 15) is 9.59 Å². The average molecular weight is 203 g/mol. The number of amides is 1. The van der Waals surface area contributed by atoms with E-state index < -0.39 is 5.97 Å². The number of likely N-dealkylation sites (N-methyl/N-ethyl adjacent to an activating group) is 1. The molecular formula is C8H13NO3S. The Bertz CT molecular complexity index is 215. The van der Waals surface area contributed by atoms with Crippen molar-refractivity contribution >= 4 is 23.6 Å². The molecule has 0 rings (SSSR count). The zero-order valence-corrected chi connectivity index (χ0v) is 8.50. The van der Waals surface area contributed by atoms with Crippen LogP contribution in [0.2, 0.25) is 0 Å². The van der Waals surface area contributed by atoms with Crippen molar-refractivity contribution in [2.75, 3.05) is 19.8 Å². The summed E-state index contributed by atoms with van der Waals surface area (Å²) < 4.78 is 0. The lowest BCUT2D eigenvalue weighted by atomic mass is 10.4. The minimum absolute atomic E-state index is 0.0185. The van der Waals surface area contributed by atoms with Gasteiger partial charge in [0.15, 0.2) is 0 Å². The van der Waals surface area contributed by atoms with Crippen molar-refractivity contribution in [2.24, 2.45) is 0 Å². The number of carbonyl (C=O) groups excluding carboxylic acids is 1. The summed E-state index contributed by atoms with van der Waals surface area (Å²) in [6.07, 6.45) is 3.25. The fourth-order valence-electron chi connectivity index (χ4n) is 0.627. The van der Waals surface area contributed by atoms with Gasteiger partial charge in [-0.1, -0.05) is 0 Å². The molecule has 0 atom stereocenters. The lowest BCUT2D eigenvalue weighted by Gasteiger charge is -2.12. The third-order valence-electron chi connectivity index (χ3n) is 1.38. The molecule has 0 aliphatic rings. The van der Waals surface area contributed by atoms with E-state index in [0.29, 0.717) is 0 Å². The molecular weight excluding hydrogens is 190 g/mol. The Morgan fingerprint density at radius 2 is 2.15 bits per heavy atom. The number of nitrogens with zero attached hydrogens (tertiary/aromatic N) is 1. The Balaban J connectivity index is 3.82. The van der Waals surface area contributed by atoms with Crippen molar-refractivity contribution < 1.29 is 14.7 Å². The Kier molecular flexibility index (Phi) is 6.05. The monoisotopic (exact) mass is 203 g/mol. The summed E-state index contributed by atoms with van der Waals surface area (Å²) in [5.74, 6) is -1.07. The summed E-state index contributed by atoms with van der Waals surface area (Å²) in [6, 6.07) is 0. The largest absolute Gasteiger partial charge is 0.481 e. The van der Waals surface area contributed by atoms with Gasteiger partial charge in [0.05, 0.1) is 6.42 Å². The molecule has 0 spiro atoms. The first-order chi connectivity index (χ1) is 6.07. The topological polar surface area (TPSA) is 57.6 Å². The highest BCUT2D eigenvalue weighted by atomic mass is 32.2. The van der Waals surface area contributed by atoms with Crippen molar-refractivity contribution in [2.45, 2.75) is 6.42 Å². The van der Waals surface area contributed by atoms with Crippen LogP contribution in [0.4, 0.5) is 0 Å². The molecule has 4 nitrogen and oxygen atoms in total. The van der Waals surface area contributed by atoms with E-state index in [0.717, 1.165) is 0 Å². The van der Waals surface area contributed by atoms with Crippen molar-refractivity contribution in [1.29, 1.82) is 0 Å². The molecule has 5 heteroatoms. The summed E-state index contributed by atoms with van der Waals surface area (Å²) in [6.45, 7) is 0.243. The Morgan fingerprint density at radius 3 is 2.62 bits per heavy atom. The highest BCUT2D eigenvalue weighted by molar-refractivity contribution is 8.01. The van der Waals surface area contributed by atoms with Crippen LogP contribution in [0, 0.1) is 0 Å². The first kappa shape index (κ1) is 12.0. The summed E-state index contributed by atoms with van der Waals surface area (Å²) in [5.41, 5.74) is 0. The second-order valence-corrected chi connectivity index (χ2v) is 3.19. The number of thioether (sulfide) groups is 1. The van der Waals surface area contributed by atoms with Crippen LogP contribution in [0.1, 0.15) is 6.42 Å². The van der Waals surface area contributed by atoms with Crippen molar-refractivity contribution in [1.82, 2.24) is 4.90 Å². The van der Waals surface area contributed by atoms with Gasteiger partial charge >= 0.3 is 5.97 Å². The first-order valence-corrected chi connectivity index (χ1v) is 5.03. The van der Waals surface area contributed by atoms with Gasteiger partial charge in [-0.15, -0.1) is 11.8 Å². The SMILES string of the molecule is CS/C=C/C(=O)N(C)CCC(=O)O. The van der Waals surface area contributed by atoms with Gasteiger partial charge in [0.2, 0.25) is 5.91 Å². The molecule has 13 heavy (non-hydrogen) atoms. The highest BCUT2D eigenvalue weighted by Crippen LogP contribution is 1.96. The van der Waals surface area contributed by atoms with Crippen molar-refractivity contribution in [3.05, 3.63) is 11.5 Å². The zero-order valence-electron chi connectivity index (χ0n) is 7.69. The molecule has 0 aliphatic heterocycles. The summed E-state index contributed by atoms with van der Waals surface area (Å²) >= 11 is 1.43. The normalized spacial score (nSPS) is 10.3. The van der Waals surface area contributed by atoms with E-state index in [1.807, 2.05) is 6.26 Å². The molecule has 1 amide bonds. The average Bonchev–Trinajstić information content (AvgIpc) is 2.10. The lowest BCUT2D eigenvalue weighted by molar-refractivity contribution is -0.137. The van der Waals surface area contributed by atoms with Crippen LogP contribution in [0.25, 0.3) is 0 Å². The summed E-state index contributed by atoms with van der Waals surface area (Å²) in [5, 5.41) is 10.0. The molecule has 74 valence electrons. The Hall–Kier alpha value is -0.970. The van der Waals surface area contributed by atoms with Crippen molar-refractivity contribution in [3.63, 3.8) is 0 Å². The molecule has 0 unspecified atom stereocenters. The first-order valence-electron chi connectivity index (χ1n) is 3.74. The van der Waals surface area contributed by atoms with Gasteiger partial charge in [-0.3, -0.25) is 9.59 Å². The van der Waals surface area contributed by atoms with Gasteiger partial charge < -0.3 is 10.0 Å². The van der Waals surface area contributed by atoms with Crippen LogP contribution in [0.3, 0.4) is 0 Å². The van der Waals surface area contributed by atoms with E-state index in [1.165, 1.54) is 22.7 Å². The van der Waals surface area contributed by atoms with E-state index in [1.54, 1.807) is 12.5 Å². The molecule has 0 aliphatic carbocycles. The summed E-state index contributed by atoms with van der Waals surface area (Å²) in [4.78, 5) is 22.7. The molecule has 0 bridgehead atoms. The molecule has 0 aromatic heterocycles. The number of rotatable bonds is 5. The fourth-order valence-corrected chi connectivity index (χ4v) is 0.880. The molecule has 0 aromatic rings. The fraction of sp³-hybridized carbons (Fsp3) is 0.500. The number of carboxylic acid groups (broad SMARTS) is 1.